The maximum Gasteiger partial charge on any atom is 0.317 e. The van der Waals surface area contributed by atoms with Crippen LogP contribution in [-0.2, 0) is 6.42 Å². The van der Waals surface area contributed by atoms with Gasteiger partial charge in [0.15, 0.2) is 0 Å². The summed E-state index contributed by atoms with van der Waals surface area (Å²) in [5.74, 6) is 0.606. The predicted octanol–water partition coefficient (Wildman–Crippen LogP) is 2.87. The Morgan fingerprint density at radius 3 is 2.77 bits per heavy atom. The molecule has 0 radical (unpaired) electrons. The maximum absolute atomic E-state index is 12.1. The van der Waals surface area contributed by atoms with E-state index in [-0.39, 0.29) is 6.03 Å². The smallest absolute Gasteiger partial charge is 0.317 e. The van der Waals surface area contributed by atoms with Crippen molar-refractivity contribution in [3.8, 4) is 0 Å². The normalized spacial score (nSPS) is 18.0. The minimum atomic E-state index is 0.0809. The van der Waals surface area contributed by atoms with E-state index in [2.05, 4.69) is 24.3 Å². The number of hydrogen-bond donors (Lipinski definition) is 1. The molecule has 0 aliphatic carbocycles. The van der Waals surface area contributed by atoms with Crippen molar-refractivity contribution in [1.82, 2.24) is 15.1 Å². The van der Waals surface area contributed by atoms with Crippen molar-refractivity contribution in [2.45, 2.75) is 19.3 Å². The number of hydrogen-bond acceptors (Lipinski definition) is 2. The van der Waals surface area contributed by atoms with Gasteiger partial charge in [0.2, 0.25) is 0 Å². The van der Waals surface area contributed by atoms with Gasteiger partial charge in [0, 0.05) is 31.2 Å². The van der Waals surface area contributed by atoms with Crippen LogP contribution in [-0.4, -0.2) is 56.1 Å². The molecule has 5 heteroatoms. The number of benzene rings is 1. The molecule has 1 N–H and O–H groups in total. The molecule has 22 heavy (non-hydrogen) atoms. The lowest BCUT2D eigenvalue weighted by Crippen LogP contribution is -2.39. The molecule has 0 saturated carbocycles. The van der Waals surface area contributed by atoms with Crippen molar-refractivity contribution in [3.63, 3.8) is 0 Å². The third kappa shape index (κ3) is 5.50. The third-order valence-corrected chi connectivity index (χ3v) is 4.28. The topological polar surface area (TPSA) is 35.6 Å². The van der Waals surface area contributed by atoms with Crippen LogP contribution in [0.25, 0.3) is 0 Å². The second kappa shape index (κ2) is 8.39. The van der Waals surface area contributed by atoms with Gasteiger partial charge in [-0.25, -0.2) is 4.79 Å². The minimum absolute atomic E-state index is 0.0809. The molecular formula is C17H26ClN3O. The van der Waals surface area contributed by atoms with Crippen molar-refractivity contribution < 1.29 is 4.79 Å². The number of halogens is 1. The van der Waals surface area contributed by atoms with Crippen LogP contribution in [0.5, 0.6) is 0 Å². The quantitative estimate of drug-likeness (QED) is 0.817. The van der Waals surface area contributed by atoms with Crippen LogP contribution in [0, 0.1) is 5.92 Å². The number of carbonyl (C=O) groups is 1. The van der Waals surface area contributed by atoms with Crippen molar-refractivity contribution in [2.24, 2.45) is 5.92 Å². The second-order valence-electron chi connectivity index (χ2n) is 6.32. The number of carbonyl (C=O) groups excluding carboxylic acids is 1. The Hall–Kier alpha value is -1.26. The van der Waals surface area contributed by atoms with E-state index < -0.39 is 0 Å². The number of nitrogens with one attached hydrogen (secondary N) is 1. The minimum Gasteiger partial charge on any atom is -0.338 e. The van der Waals surface area contributed by atoms with E-state index in [1.807, 2.05) is 29.2 Å². The summed E-state index contributed by atoms with van der Waals surface area (Å²) in [6, 6.07) is 7.97. The zero-order chi connectivity index (χ0) is 15.9. The van der Waals surface area contributed by atoms with E-state index in [0.29, 0.717) is 5.92 Å². The number of rotatable bonds is 6. The third-order valence-electron chi connectivity index (χ3n) is 4.03. The molecule has 4 nitrogen and oxygen atoms in total. The molecule has 1 saturated heterocycles. The zero-order valence-corrected chi connectivity index (χ0v) is 14.3. The van der Waals surface area contributed by atoms with Crippen molar-refractivity contribution in [3.05, 3.63) is 34.9 Å². The summed E-state index contributed by atoms with van der Waals surface area (Å²) in [5.41, 5.74) is 1.26. The van der Waals surface area contributed by atoms with Gasteiger partial charge in [-0.15, -0.1) is 0 Å². The molecule has 1 fully saturated rings. The van der Waals surface area contributed by atoms with E-state index in [0.717, 1.165) is 50.5 Å². The summed E-state index contributed by atoms with van der Waals surface area (Å²) in [6.45, 7) is 3.53. The summed E-state index contributed by atoms with van der Waals surface area (Å²) in [5, 5.41) is 3.79. The molecule has 1 heterocycles. The van der Waals surface area contributed by atoms with Crippen LogP contribution in [0.3, 0.4) is 0 Å². The van der Waals surface area contributed by atoms with E-state index in [4.69, 9.17) is 11.6 Å². The highest BCUT2D eigenvalue weighted by atomic mass is 35.5. The lowest BCUT2D eigenvalue weighted by atomic mass is 10.1. The first-order chi connectivity index (χ1) is 10.5. The fraction of sp³-hybridized carbons (Fsp3) is 0.588. The SMILES string of the molecule is CN(C)C[C@@H]1CCN(C(=O)NCCCc2ccc(Cl)cc2)C1. The van der Waals surface area contributed by atoms with E-state index in [9.17, 15) is 4.79 Å². The molecule has 1 aromatic carbocycles. The van der Waals surface area contributed by atoms with Gasteiger partial charge in [0.25, 0.3) is 0 Å². The van der Waals surface area contributed by atoms with Gasteiger partial charge in [-0.3, -0.25) is 0 Å². The first kappa shape index (κ1) is 17.1. The van der Waals surface area contributed by atoms with Crippen LogP contribution >= 0.6 is 11.6 Å². The van der Waals surface area contributed by atoms with E-state index >= 15 is 0 Å². The molecule has 0 bridgehead atoms. The molecular weight excluding hydrogens is 298 g/mol. The fourth-order valence-electron chi connectivity index (χ4n) is 2.93. The van der Waals surface area contributed by atoms with Gasteiger partial charge in [-0.2, -0.15) is 0 Å². The van der Waals surface area contributed by atoms with E-state index in [1.165, 1.54) is 5.56 Å². The van der Waals surface area contributed by atoms with Gasteiger partial charge in [0.1, 0.15) is 0 Å². The standard InChI is InChI=1S/C17H26ClN3O/c1-20(2)12-15-9-11-21(13-15)17(22)19-10-3-4-14-5-7-16(18)8-6-14/h5-8,15H,3-4,9-13H2,1-2H3,(H,19,22)/t15-/m0/s1. The first-order valence-electron chi connectivity index (χ1n) is 7.96. The monoisotopic (exact) mass is 323 g/mol. The maximum atomic E-state index is 12.1. The number of amides is 2. The Kier molecular flexibility index (Phi) is 6.52. The molecule has 1 aliphatic rings. The lowest BCUT2D eigenvalue weighted by Gasteiger charge is -2.19. The summed E-state index contributed by atoms with van der Waals surface area (Å²) >= 11 is 5.86. The lowest BCUT2D eigenvalue weighted by molar-refractivity contribution is 0.205. The highest BCUT2D eigenvalue weighted by molar-refractivity contribution is 6.30. The molecule has 1 aliphatic heterocycles. The number of likely N-dealkylation sites (tertiary alicyclic amines) is 1. The number of urea groups is 1. The average Bonchev–Trinajstić information content (AvgIpc) is 2.93. The molecule has 0 spiro atoms. The summed E-state index contributed by atoms with van der Waals surface area (Å²) in [4.78, 5) is 16.2. The van der Waals surface area contributed by atoms with Gasteiger partial charge >= 0.3 is 6.03 Å². The largest absolute Gasteiger partial charge is 0.338 e. The van der Waals surface area contributed by atoms with E-state index in [1.54, 1.807) is 0 Å². The van der Waals surface area contributed by atoms with Crippen LogP contribution in [0.2, 0.25) is 5.02 Å². The van der Waals surface area contributed by atoms with Crippen LogP contribution < -0.4 is 5.32 Å². The Morgan fingerprint density at radius 2 is 2.09 bits per heavy atom. The van der Waals surface area contributed by atoms with Crippen molar-refractivity contribution in [2.75, 3.05) is 40.3 Å². The van der Waals surface area contributed by atoms with Gasteiger partial charge in [-0.05, 0) is 57.0 Å². The molecule has 2 rings (SSSR count). The van der Waals surface area contributed by atoms with Gasteiger partial charge in [0.05, 0.1) is 0 Å². The number of nitrogens with zero attached hydrogens (tertiary/aromatic N) is 2. The fourth-order valence-corrected chi connectivity index (χ4v) is 3.06. The average molecular weight is 324 g/mol. The van der Waals surface area contributed by atoms with Crippen LogP contribution in [0.15, 0.2) is 24.3 Å². The molecule has 1 atom stereocenters. The van der Waals surface area contributed by atoms with Crippen molar-refractivity contribution >= 4 is 17.6 Å². The molecule has 2 amide bonds. The van der Waals surface area contributed by atoms with Crippen LogP contribution in [0.1, 0.15) is 18.4 Å². The Labute approximate surface area is 138 Å². The van der Waals surface area contributed by atoms with Gasteiger partial charge in [-0.1, -0.05) is 23.7 Å². The first-order valence-corrected chi connectivity index (χ1v) is 8.34. The predicted molar refractivity (Wildman–Crippen MR) is 91.4 cm³/mol. The van der Waals surface area contributed by atoms with Gasteiger partial charge < -0.3 is 15.1 Å². The molecule has 0 aromatic heterocycles. The van der Waals surface area contributed by atoms with Crippen molar-refractivity contribution in [1.29, 1.82) is 0 Å². The number of aryl methyl sites for hydroxylation is 1. The summed E-state index contributed by atoms with van der Waals surface area (Å²) in [7, 11) is 4.17. The highest BCUT2D eigenvalue weighted by Crippen LogP contribution is 2.16. The summed E-state index contributed by atoms with van der Waals surface area (Å²) in [6.07, 6.45) is 3.01. The Balaban J connectivity index is 1.63. The van der Waals surface area contributed by atoms with Crippen LogP contribution in [0.4, 0.5) is 4.79 Å². The highest BCUT2D eigenvalue weighted by Gasteiger charge is 2.26. The zero-order valence-electron chi connectivity index (χ0n) is 13.5. The second-order valence-corrected chi connectivity index (χ2v) is 6.76. The summed E-state index contributed by atoms with van der Waals surface area (Å²) < 4.78 is 0. The molecule has 1 aromatic rings. The Bertz CT molecular complexity index is 475. The molecule has 0 unspecified atom stereocenters. The molecule has 122 valence electrons. The Morgan fingerprint density at radius 1 is 1.36 bits per heavy atom.